The number of hydrogen-bond donors (Lipinski definition) is 2. The Bertz CT molecular complexity index is 1220. The molecule has 2 aromatic heterocycles. The molecule has 34 heavy (non-hydrogen) atoms. The first-order valence-corrected chi connectivity index (χ1v) is 11.7. The minimum atomic E-state index is -0.823. The maximum atomic E-state index is 15.3. The first-order chi connectivity index (χ1) is 16.2. The lowest BCUT2D eigenvalue weighted by Crippen LogP contribution is -2.33. The van der Waals surface area contributed by atoms with Gasteiger partial charge in [0.1, 0.15) is 28.5 Å². The Kier molecular flexibility index (Phi) is 6.95. The Hall–Kier alpha value is -2.91. The van der Waals surface area contributed by atoms with E-state index in [1.807, 2.05) is 32.1 Å². The molecule has 1 aliphatic heterocycles. The fourth-order valence-corrected chi connectivity index (χ4v) is 4.54. The second-order valence-electron chi connectivity index (χ2n) is 8.79. The molecule has 3 heterocycles. The summed E-state index contributed by atoms with van der Waals surface area (Å²) in [6.45, 7) is 8.32. The number of imidazole rings is 1. The monoisotopic (exact) mass is 489 g/mol. The van der Waals surface area contributed by atoms with Crippen LogP contribution in [0.4, 0.5) is 10.2 Å². The number of carbonyl (C=O) groups is 1. The van der Waals surface area contributed by atoms with Crippen LogP contribution in [0, 0.1) is 12.7 Å². The highest BCUT2D eigenvalue weighted by Gasteiger charge is 2.30. The highest BCUT2D eigenvalue weighted by molar-refractivity contribution is 6.31. The van der Waals surface area contributed by atoms with Crippen molar-refractivity contribution in [3.8, 4) is 5.75 Å². The number of nitrogens with two attached hydrogens (primary N) is 1. The zero-order chi connectivity index (χ0) is 24.6. The van der Waals surface area contributed by atoms with Crippen LogP contribution in [0.3, 0.4) is 0 Å². The number of amides is 1. The summed E-state index contributed by atoms with van der Waals surface area (Å²) >= 11 is 6.29. The lowest BCUT2D eigenvalue weighted by Gasteiger charge is -2.23. The molecule has 1 aromatic carbocycles. The number of aromatic nitrogens is 3. The minimum absolute atomic E-state index is 0.0858. The third-order valence-corrected chi connectivity index (χ3v) is 6.21. The average molecular weight is 490 g/mol. The highest BCUT2D eigenvalue weighted by Crippen LogP contribution is 2.40. The summed E-state index contributed by atoms with van der Waals surface area (Å²) in [4.78, 5) is 22.0. The standard InChI is InChI=1S/C24H29ClFN5O3/c1-12(2)34-21-16(13(3)23-30-14(4)20-22(27)28-7-8-31(20)23)10-17(25)19(26)18(21)24(32)29-11-15-6-5-9-33-15/h7-8,10,12-13,15H,5-6,9,11H2,1-4H3,(H2,27,28)(H,29,32). The van der Waals surface area contributed by atoms with Crippen LogP contribution < -0.4 is 15.8 Å². The summed E-state index contributed by atoms with van der Waals surface area (Å²) < 4.78 is 28.7. The molecule has 0 bridgehead atoms. The molecule has 2 unspecified atom stereocenters. The van der Waals surface area contributed by atoms with Crippen molar-refractivity contribution in [2.24, 2.45) is 0 Å². The summed E-state index contributed by atoms with van der Waals surface area (Å²) in [5.41, 5.74) is 7.79. The van der Waals surface area contributed by atoms with E-state index < -0.39 is 17.6 Å². The van der Waals surface area contributed by atoms with Crippen molar-refractivity contribution < 1.29 is 18.7 Å². The smallest absolute Gasteiger partial charge is 0.258 e. The normalized spacial score (nSPS) is 16.9. The zero-order valence-corrected chi connectivity index (χ0v) is 20.4. The summed E-state index contributed by atoms with van der Waals surface area (Å²) in [5, 5.41) is 2.61. The van der Waals surface area contributed by atoms with E-state index in [0.29, 0.717) is 35.0 Å². The minimum Gasteiger partial charge on any atom is -0.490 e. The van der Waals surface area contributed by atoms with Crippen LogP contribution in [0.25, 0.3) is 5.52 Å². The van der Waals surface area contributed by atoms with Gasteiger partial charge in [0.05, 0.1) is 22.9 Å². The molecule has 1 fully saturated rings. The van der Waals surface area contributed by atoms with Gasteiger partial charge < -0.3 is 20.5 Å². The molecule has 1 saturated heterocycles. The predicted octanol–water partition coefficient (Wildman–Crippen LogP) is 4.26. The van der Waals surface area contributed by atoms with Crippen molar-refractivity contribution in [1.29, 1.82) is 0 Å². The topological polar surface area (TPSA) is 104 Å². The molecule has 10 heteroatoms. The lowest BCUT2D eigenvalue weighted by molar-refractivity contribution is 0.0849. The van der Waals surface area contributed by atoms with Gasteiger partial charge >= 0.3 is 0 Å². The van der Waals surface area contributed by atoms with E-state index in [1.54, 1.807) is 12.4 Å². The van der Waals surface area contributed by atoms with Crippen molar-refractivity contribution in [3.63, 3.8) is 0 Å². The third kappa shape index (κ3) is 4.54. The van der Waals surface area contributed by atoms with Crippen LogP contribution in [0.15, 0.2) is 18.5 Å². The van der Waals surface area contributed by atoms with Crippen LogP contribution >= 0.6 is 11.6 Å². The Morgan fingerprint density at radius 1 is 1.44 bits per heavy atom. The van der Waals surface area contributed by atoms with Crippen LogP contribution in [0.5, 0.6) is 5.75 Å². The Morgan fingerprint density at radius 3 is 2.88 bits per heavy atom. The largest absolute Gasteiger partial charge is 0.490 e. The number of halogens is 2. The number of aryl methyl sites for hydroxylation is 1. The number of hydrogen-bond acceptors (Lipinski definition) is 6. The first-order valence-electron chi connectivity index (χ1n) is 11.4. The van der Waals surface area contributed by atoms with Gasteiger partial charge in [0, 0.05) is 37.0 Å². The molecule has 2 atom stereocenters. The quantitative estimate of drug-likeness (QED) is 0.514. The number of nitrogens with one attached hydrogen (secondary N) is 1. The van der Waals surface area contributed by atoms with Crippen molar-refractivity contribution in [3.05, 3.63) is 51.9 Å². The summed E-state index contributed by atoms with van der Waals surface area (Å²) in [7, 11) is 0. The van der Waals surface area contributed by atoms with Crippen molar-refractivity contribution in [1.82, 2.24) is 19.7 Å². The highest BCUT2D eigenvalue weighted by atomic mass is 35.5. The van der Waals surface area contributed by atoms with Crippen molar-refractivity contribution in [2.75, 3.05) is 18.9 Å². The van der Waals surface area contributed by atoms with E-state index in [4.69, 9.17) is 31.8 Å². The lowest BCUT2D eigenvalue weighted by atomic mass is 9.95. The molecule has 0 radical (unpaired) electrons. The van der Waals surface area contributed by atoms with Crippen LogP contribution in [-0.4, -0.2) is 45.6 Å². The van der Waals surface area contributed by atoms with Crippen LogP contribution in [0.1, 0.15) is 67.0 Å². The second-order valence-corrected chi connectivity index (χ2v) is 9.19. The maximum Gasteiger partial charge on any atom is 0.258 e. The van der Waals surface area contributed by atoms with Gasteiger partial charge in [-0.3, -0.25) is 9.20 Å². The predicted molar refractivity (Wildman–Crippen MR) is 128 cm³/mol. The van der Waals surface area contributed by atoms with E-state index >= 15 is 4.39 Å². The van der Waals surface area contributed by atoms with E-state index in [-0.39, 0.29) is 35.1 Å². The molecular weight excluding hydrogens is 461 g/mol. The molecule has 3 N–H and O–H groups in total. The number of nitrogen functional groups attached to an aromatic ring is 1. The van der Waals surface area contributed by atoms with Gasteiger partial charge in [-0.25, -0.2) is 14.4 Å². The second kappa shape index (κ2) is 9.76. The Labute approximate surface area is 202 Å². The number of fused-ring (bicyclic) bond motifs is 1. The van der Waals surface area contributed by atoms with Gasteiger partial charge in [-0.1, -0.05) is 18.5 Å². The Morgan fingerprint density at radius 2 is 2.21 bits per heavy atom. The maximum absolute atomic E-state index is 15.3. The average Bonchev–Trinajstić information content (AvgIpc) is 3.42. The molecule has 3 aromatic rings. The van der Waals surface area contributed by atoms with E-state index in [0.717, 1.165) is 12.8 Å². The molecule has 1 aliphatic rings. The van der Waals surface area contributed by atoms with Gasteiger partial charge in [0.2, 0.25) is 0 Å². The van der Waals surface area contributed by atoms with Gasteiger partial charge in [0.25, 0.3) is 5.91 Å². The molecule has 0 spiro atoms. The fraction of sp³-hybridized carbons (Fsp3) is 0.458. The fourth-order valence-electron chi connectivity index (χ4n) is 4.33. The van der Waals surface area contributed by atoms with E-state index in [1.165, 1.54) is 6.07 Å². The molecule has 4 rings (SSSR count). The first kappa shape index (κ1) is 24.2. The Balaban J connectivity index is 1.81. The van der Waals surface area contributed by atoms with Crippen molar-refractivity contribution >= 4 is 28.8 Å². The van der Waals surface area contributed by atoms with Crippen molar-refractivity contribution in [2.45, 2.75) is 58.7 Å². The van der Waals surface area contributed by atoms with E-state index in [2.05, 4.69) is 10.3 Å². The number of benzene rings is 1. The third-order valence-electron chi connectivity index (χ3n) is 5.93. The summed E-state index contributed by atoms with van der Waals surface area (Å²) in [6, 6.07) is 1.50. The number of anilines is 1. The molecule has 8 nitrogen and oxygen atoms in total. The van der Waals surface area contributed by atoms with E-state index in [9.17, 15) is 4.79 Å². The summed E-state index contributed by atoms with van der Waals surface area (Å²) in [5.74, 6) is -0.683. The zero-order valence-electron chi connectivity index (χ0n) is 19.7. The van der Waals surface area contributed by atoms with Gasteiger partial charge in [-0.15, -0.1) is 0 Å². The molecular formula is C24H29ClFN5O3. The molecule has 182 valence electrons. The van der Waals surface area contributed by atoms with Gasteiger partial charge in [-0.05, 0) is 39.7 Å². The number of nitrogens with zero attached hydrogens (tertiary/aromatic N) is 3. The molecule has 1 amide bonds. The SMILES string of the molecule is Cc1nc(C(C)c2cc(Cl)c(F)c(C(=O)NCC3CCCO3)c2OC(C)C)n2ccnc(N)c12. The van der Waals surface area contributed by atoms with Gasteiger partial charge in [-0.2, -0.15) is 0 Å². The van der Waals surface area contributed by atoms with Crippen LogP contribution in [-0.2, 0) is 4.74 Å². The number of carbonyl (C=O) groups excluding carboxylic acids is 1. The van der Waals surface area contributed by atoms with Crippen LogP contribution in [0.2, 0.25) is 5.02 Å². The summed E-state index contributed by atoms with van der Waals surface area (Å²) in [6.07, 6.45) is 4.74. The van der Waals surface area contributed by atoms with Gasteiger partial charge in [0.15, 0.2) is 5.82 Å². The molecule has 0 aliphatic carbocycles. The number of rotatable bonds is 7. The number of ether oxygens (including phenoxy) is 2. The molecule has 0 saturated carbocycles.